The van der Waals surface area contributed by atoms with Crippen molar-refractivity contribution in [3.05, 3.63) is 112 Å². The molecule has 0 spiro atoms. The van der Waals surface area contributed by atoms with Crippen LogP contribution >= 0.6 is 0 Å². The van der Waals surface area contributed by atoms with Gasteiger partial charge in [0.2, 0.25) is 5.91 Å². The van der Waals surface area contributed by atoms with Gasteiger partial charge in [-0.25, -0.2) is 18.8 Å². The van der Waals surface area contributed by atoms with Gasteiger partial charge in [-0.1, -0.05) is 42.5 Å². The van der Waals surface area contributed by atoms with Crippen molar-refractivity contribution in [1.29, 1.82) is 0 Å². The molecule has 9 nitrogen and oxygen atoms in total. The molecule has 9 heteroatoms. The van der Waals surface area contributed by atoms with Crippen molar-refractivity contribution < 1.29 is 14.3 Å². The minimum Gasteiger partial charge on any atom is -0.462 e. The van der Waals surface area contributed by atoms with E-state index in [1.165, 1.54) is 4.68 Å². The lowest BCUT2D eigenvalue weighted by molar-refractivity contribution is -0.122. The van der Waals surface area contributed by atoms with Crippen LogP contribution in [0.3, 0.4) is 0 Å². The second-order valence-corrected chi connectivity index (χ2v) is 11.1. The molecule has 2 heterocycles. The number of anilines is 1. The average molecular weight is 582 g/mol. The zero-order valence-corrected chi connectivity index (χ0v) is 25.0. The number of amides is 1. The number of carbonyl (C=O) groups is 2. The van der Waals surface area contributed by atoms with Crippen LogP contribution in [0.25, 0.3) is 5.69 Å². The smallest absolute Gasteiger partial charge is 0.350 e. The van der Waals surface area contributed by atoms with E-state index in [2.05, 4.69) is 15.3 Å². The molecule has 1 aromatic heterocycles. The van der Waals surface area contributed by atoms with E-state index in [-0.39, 0.29) is 23.6 Å². The molecule has 1 atom stereocenters. The molecule has 1 N–H and O–H groups in total. The predicted octanol–water partition coefficient (Wildman–Crippen LogP) is 5.05. The van der Waals surface area contributed by atoms with E-state index in [1.807, 2.05) is 80.6 Å². The highest BCUT2D eigenvalue weighted by molar-refractivity contribution is 5.91. The van der Waals surface area contributed by atoms with Crippen LogP contribution in [0.2, 0.25) is 0 Å². The van der Waals surface area contributed by atoms with Crippen molar-refractivity contribution in [2.45, 2.75) is 52.6 Å². The molecular formula is C34H39N5O4. The first-order valence-electron chi connectivity index (χ1n) is 14.9. The van der Waals surface area contributed by atoms with E-state index in [9.17, 15) is 14.4 Å². The maximum atomic E-state index is 13.1. The molecule has 1 unspecified atom stereocenters. The molecule has 224 valence electrons. The summed E-state index contributed by atoms with van der Waals surface area (Å²) in [6.07, 6.45) is 3.95. The van der Waals surface area contributed by atoms with E-state index in [1.54, 1.807) is 23.9 Å². The lowest BCUT2D eigenvalue weighted by Gasteiger charge is -2.33. The molecule has 0 saturated carbocycles. The number of aromatic nitrogens is 3. The number of piperidine rings is 1. The Morgan fingerprint density at radius 2 is 1.70 bits per heavy atom. The fourth-order valence-corrected chi connectivity index (χ4v) is 5.66. The molecule has 1 amide bonds. The van der Waals surface area contributed by atoms with Gasteiger partial charge < -0.3 is 15.0 Å². The summed E-state index contributed by atoms with van der Waals surface area (Å²) in [4.78, 5) is 40.1. The Balaban J connectivity index is 1.10. The summed E-state index contributed by atoms with van der Waals surface area (Å²) in [5.41, 5.74) is 5.08. The van der Waals surface area contributed by atoms with Gasteiger partial charge in [-0.2, -0.15) is 5.10 Å². The third-order valence-electron chi connectivity index (χ3n) is 8.20. The molecule has 3 aromatic carbocycles. The van der Waals surface area contributed by atoms with Crippen LogP contribution < -0.4 is 15.9 Å². The van der Waals surface area contributed by atoms with Crippen molar-refractivity contribution in [2.75, 3.05) is 24.6 Å². The minimum atomic E-state index is -0.324. The SMILES string of the molecule is CCOC(=O)c1ccc(CNC(=O)CC2CCN(c3ccc(-n4cnn(C(C)c5ccccc5)c4=O)cc3)CC2)cc1C. The normalized spacial score (nSPS) is 14.3. The first kappa shape index (κ1) is 29.8. The number of ether oxygens (including phenoxy) is 1. The average Bonchev–Trinajstić information content (AvgIpc) is 3.41. The molecule has 0 aliphatic carbocycles. The Morgan fingerprint density at radius 1 is 1.00 bits per heavy atom. The fourth-order valence-electron chi connectivity index (χ4n) is 5.66. The first-order chi connectivity index (χ1) is 20.8. The van der Waals surface area contributed by atoms with Crippen molar-refractivity contribution >= 4 is 17.6 Å². The highest BCUT2D eigenvalue weighted by Gasteiger charge is 2.22. The molecular weight excluding hydrogens is 542 g/mol. The number of nitrogens with zero attached hydrogens (tertiary/aromatic N) is 4. The third-order valence-corrected chi connectivity index (χ3v) is 8.20. The summed E-state index contributed by atoms with van der Waals surface area (Å²) in [5.74, 6) is 0.0523. The quantitative estimate of drug-likeness (QED) is 0.263. The largest absolute Gasteiger partial charge is 0.462 e. The van der Waals surface area contributed by atoms with Gasteiger partial charge in [0.25, 0.3) is 0 Å². The summed E-state index contributed by atoms with van der Waals surface area (Å²) >= 11 is 0. The van der Waals surface area contributed by atoms with Crippen molar-refractivity contribution in [3.63, 3.8) is 0 Å². The first-order valence-corrected chi connectivity index (χ1v) is 14.9. The monoisotopic (exact) mass is 581 g/mol. The van der Waals surface area contributed by atoms with E-state index in [0.717, 1.165) is 54.0 Å². The van der Waals surface area contributed by atoms with E-state index in [0.29, 0.717) is 31.1 Å². The van der Waals surface area contributed by atoms with Crippen LogP contribution in [-0.2, 0) is 16.1 Å². The topological polar surface area (TPSA) is 98.5 Å². The van der Waals surface area contributed by atoms with Crippen molar-refractivity contribution in [1.82, 2.24) is 19.7 Å². The Hall–Kier alpha value is -4.66. The van der Waals surface area contributed by atoms with Crippen LogP contribution in [0.1, 0.15) is 66.2 Å². The van der Waals surface area contributed by atoms with Gasteiger partial charge >= 0.3 is 11.7 Å². The molecule has 1 saturated heterocycles. The van der Waals surface area contributed by atoms with E-state index >= 15 is 0 Å². The number of hydrogen-bond acceptors (Lipinski definition) is 6. The maximum absolute atomic E-state index is 13.1. The van der Waals surface area contributed by atoms with Gasteiger partial charge in [0.15, 0.2) is 0 Å². The molecule has 43 heavy (non-hydrogen) atoms. The number of carbonyl (C=O) groups excluding carboxylic acids is 2. The zero-order chi connectivity index (χ0) is 30.3. The molecule has 0 radical (unpaired) electrons. The molecule has 5 rings (SSSR count). The molecule has 1 aliphatic rings. The number of benzene rings is 3. The second kappa shape index (κ2) is 13.5. The summed E-state index contributed by atoms with van der Waals surface area (Å²) in [7, 11) is 0. The van der Waals surface area contributed by atoms with Crippen molar-refractivity contribution in [3.8, 4) is 5.69 Å². The molecule has 1 aliphatic heterocycles. The Morgan fingerprint density at radius 3 is 2.37 bits per heavy atom. The summed E-state index contributed by atoms with van der Waals surface area (Å²) in [5, 5.41) is 7.40. The number of esters is 1. The summed E-state index contributed by atoms with van der Waals surface area (Å²) < 4.78 is 8.17. The zero-order valence-electron chi connectivity index (χ0n) is 25.0. The van der Waals surface area contributed by atoms with Crippen molar-refractivity contribution in [2.24, 2.45) is 5.92 Å². The highest BCUT2D eigenvalue weighted by atomic mass is 16.5. The maximum Gasteiger partial charge on any atom is 0.350 e. The summed E-state index contributed by atoms with van der Waals surface area (Å²) in [6, 6.07) is 23.2. The van der Waals surface area contributed by atoms with Crippen LogP contribution in [0.5, 0.6) is 0 Å². The number of nitrogens with one attached hydrogen (secondary N) is 1. The standard InChI is InChI=1S/C34H39N5O4/c1-4-43-33(41)31-15-10-27(20-24(31)2)22-35-32(40)21-26-16-18-37(19-17-26)29-11-13-30(14-12-29)38-23-36-39(34(38)42)25(3)28-8-6-5-7-9-28/h5-15,20,23,25-26H,4,16-19,21-22H2,1-3H3,(H,35,40). The van der Waals surface area contributed by atoms with Gasteiger partial charge in [-0.05, 0) is 86.6 Å². The van der Waals surface area contributed by atoms with Crippen LogP contribution in [-0.4, -0.2) is 45.9 Å². The summed E-state index contributed by atoms with van der Waals surface area (Å²) in [6.45, 7) is 8.15. The van der Waals surface area contributed by atoms with E-state index in [4.69, 9.17) is 4.74 Å². The van der Waals surface area contributed by atoms with Gasteiger partial charge in [0, 0.05) is 31.7 Å². The van der Waals surface area contributed by atoms with Crippen LogP contribution in [0.15, 0.2) is 83.9 Å². The Bertz CT molecular complexity index is 1600. The number of rotatable bonds is 10. The van der Waals surface area contributed by atoms with Gasteiger partial charge in [-0.3, -0.25) is 4.79 Å². The van der Waals surface area contributed by atoms with Gasteiger partial charge in [0.1, 0.15) is 6.33 Å². The number of aryl methyl sites for hydroxylation is 1. The Labute approximate surface area is 252 Å². The number of hydrogen-bond donors (Lipinski definition) is 1. The fraction of sp³-hybridized carbons (Fsp3) is 0.353. The van der Waals surface area contributed by atoms with Crippen LogP contribution in [0.4, 0.5) is 5.69 Å². The lowest BCUT2D eigenvalue weighted by Crippen LogP contribution is -2.35. The molecule has 4 aromatic rings. The third kappa shape index (κ3) is 7.05. The second-order valence-electron chi connectivity index (χ2n) is 11.1. The predicted molar refractivity (Wildman–Crippen MR) is 167 cm³/mol. The van der Waals surface area contributed by atoms with Crippen LogP contribution in [0, 0.1) is 12.8 Å². The Kier molecular flexibility index (Phi) is 9.39. The van der Waals surface area contributed by atoms with E-state index < -0.39 is 0 Å². The molecule has 1 fully saturated rings. The highest BCUT2D eigenvalue weighted by Crippen LogP contribution is 2.26. The molecule has 0 bridgehead atoms. The minimum absolute atomic E-state index is 0.0440. The van der Waals surface area contributed by atoms with Gasteiger partial charge in [0.05, 0.1) is 23.9 Å². The lowest BCUT2D eigenvalue weighted by atomic mass is 9.93. The van der Waals surface area contributed by atoms with Gasteiger partial charge in [-0.15, -0.1) is 0 Å².